The Kier molecular flexibility index (Phi) is 4.52. The number of primary amides is 1. The van der Waals surface area contributed by atoms with Gasteiger partial charge in [-0.15, -0.1) is 0 Å². The van der Waals surface area contributed by atoms with Crippen LogP contribution in [0, 0.1) is 5.82 Å². The predicted octanol–water partition coefficient (Wildman–Crippen LogP) is 1.32. The Hall–Kier alpha value is -1.33. The molecular formula is C10H13ClFN3O. The summed E-state index contributed by atoms with van der Waals surface area (Å²) >= 11 is 5.54. The Labute approximate surface area is 98.0 Å². The van der Waals surface area contributed by atoms with Crippen molar-refractivity contribution in [1.29, 1.82) is 0 Å². The minimum Gasteiger partial charge on any atom is -0.351 e. The molecule has 1 aromatic rings. The largest absolute Gasteiger partial charge is 0.351 e. The number of urea groups is 1. The summed E-state index contributed by atoms with van der Waals surface area (Å²) in [5.41, 5.74) is 11.1. The first-order valence-electron chi connectivity index (χ1n) is 4.73. The maximum Gasteiger partial charge on any atom is 0.315 e. The van der Waals surface area contributed by atoms with E-state index in [0.29, 0.717) is 18.7 Å². The molecule has 4 N–H and O–H groups in total. The van der Waals surface area contributed by atoms with Crippen molar-refractivity contribution in [3.8, 4) is 0 Å². The van der Waals surface area contributed by atoms with Crippen LogP contribution in [0.5, 0.6) is 0 Å². The second kappa shape index (κ2) is 5.67. The number of carbonyl (C=O) groups is 1. The van der Waals surface area contributed by atoms with Crippen LogP contribution in [0.15, 0.2) is 18.2 Å². The summed E-state index contributed by atoms with van der Waals surface area (Å²) in [7, 11) is 0. The third-order valence-electron chi connectivity index (χ3n) is 2.07. The van der Waals surface area contributed by atoms with Crippen LogP contribution in [-0.2, 0) is 6.54 Å². The van der Waals surface area contributed by atoms with E-state index in [-0.39, 0.29) is 11.6 Å². The lowest BCUT2D eigenvalue weighted by Crippen LogP contribution is -2.38. The molecular weight excluding hydrogens is 233 g/mol. The van der Waals surface area contributed by atoms with Crippen LogP contribution in [0.1, 0.15) is 5.56 Å². The van der Waals surface area contributed by atoms with E-state index in [1.165, 1.54) is 17.0 Å². The number of hydrogen-bond donors (Lipinski definition) is 2. The summed E-state index contributed by atoms with van der Waals surface area (Å²) in [5.74, 6) is -0.517. The molecule has 0 heterocycles. The third-order valence-corrected chi connectivity index (χ3v) is 2.37. The van der Waals surface area contributed by atoms with Crippen molar-refractivity contribution in [2.24, 2.45) is 11.5 Å². The van der Waals surface area contributed by atoms with Crippen molar-refractivity contribution in [2.45, 2.75) is 6.54 Å². The predicted molar refractivity (Wildman–Crippen MR) is 60.5 cm³/mol. The molecule has 88 valence electrons. The van der Waals surface area contributed by atoms with Crippen molar-refractivity contribution >= 4 is 17.6 Å². The maximum absolute atomic E-state index is 13.1. The molecule has 1 rings (SSSR count). The zero-order valence-electron chi connectivity index (χ0n) is 8.62. The van der Waals surface area contributed by atoms with Gasteiger partial charge in [0.2, 0.25) is 0 Å². The first kappa shape index (κ1) is 12.7. The second-order valence-electron chi connectivity index (χ2n) is 3.30. The number of halogens is 2. The molecule has 0 saturated carbocycles. The number of nitrogens with two attached hydrogens (primary N) is 2. The number of nitrogens with zero attached hydrogens (tertiary/aromatic N) is 1. The van der Waals surface area contributed by atoms with E-state index in [1.807, 2.05) is 0 Å². The van der Waals surface area contributed by atoms with Gasteiger partial charge in [-0.25, -0.2) is 9.18 Å². The molecule has 6 heteroatoms. The molecule has 0 saturated heterocycles. The minimum atomic E-state index is -0.583. The maximum atomic E-state index is 13.1. The van der Waals surface area contributed by atoms with Crippen LogP contribution in [0.2, 0.25) is 5.02 Å². The van der Waals surface area contributed by atoms with E-state index in [1.54, 1.807) is 6.07 Å². The lowest BCUT2D eigenvalue weighted by atomic mass is 10.2. The average Bonchev–Trinajstić information content (AvgIpc) is 2.22. The second-order valence-corrected chi connectivity index (χ2v) is 3.70. The fraction of sp³-hybridized carbons (Fsp3) is 0.300. The molecule has 0 atom stereocenters. The van der Waals surface area contributed by atoms with Crippen LogP contribution < -0.4 is 11.5 Å². The molecule has 1 aromatic carbocycles. The zero-order chi connectivity index (χ0) is 12.1. The van der Waals surface area contributed by atoms with Crippen LogP contribution in [0.4, 0.5) is 9.18 Å². The van der Waals surface area contributed by atoms with Gasteiger partial charge in [0.25, 0.3) is 0 Å². The molecule has 0 aliphatic carbocycles. The molecule has 16 heavy (non-hydrogen) atoms. The average molecular weight is 246 g/mol. The SMILES string of the molecule is NCCN(Cc1ccc(Cl)c(F)c1)C(N)=O. The summed E-state index contributed by atoms with van der Waals surface area (Å²) in [6, 6.07) is 3.77. The van der Waals surface area contributed by atoms with Crippen molar-refractivity contribution < 1.29 is 9.18 Å². The fourth-order valence-electron chi connectivity index (χ4n) is 1.28. The molecule has 0 unspecified atom stereocenters. The van der Waals surface area contributed by atoms with Gasteiger partial charge >= 0.3 is 6.03 Å². The first-order valence-corrected chi connectivity index (χ1v) is 5.10. The van der Waals surface area contributed by atoms with Gasteiger partial charge in [-0.3, -0.25) is 0 Å². The normalized spacial score (nSPS) is 10.2. The van der Waals surface area contributed by atoms with E-state index in [4.69, 9.17) is 23.1 Å². The van der Waals surface area contributed by atoms with E-state index in [2.05, 4.69) is 0 Å². The summed E-state index contributed by atoms with van der Waals surface area (Å²) < 4.78 is 13.1. The van der Waals surface area contributed by atoms with Gasteiger partial charge in [0.05, 0.1) is 5.02 Å². The smallest absolute Gasteiger partial charge is 0.315 e. The number of rotatable bonds is 4. The first-order chi connectivity index (χ1) is 7.54. The monoisotopic (exact) mass is 245 g/mol. The van der Waals surface area contributed by atoms with Crippen LogP contribution in [0.25, 0.3) is 0 Å². The molecule has 0 radical (unpaired) electrons. The highest BCUT2D eigenvalue weighted by Crippen LogP contribution is 2.16. The Morgan fingerprint density at radius 3 is 2.69 bits per heavy atom. The summed E-state index contributed by atoms with van der Waals surface area (Å²) in [5, 5.41) is 0.0493. The number of hydrogen-bond acceptors (Lipinski definition) is 2. The summed E-state index contributed by atoms with van der Waals surface area (Å²) in [6.07, 6.45) is 0. The van der Waals surface area contributed by atoms with E-state index < -0.39 is 11.8 Å². The number of amides is 2. The third kappa shape index (κ3) is 3.36. The van der Waals surface area contributed by atoms with Gasteiger partial charge in [0.15, 0.2) is 0 Å². The Morgan fingerprint density at radius 2 is 2.19 bits per heavy atom. The van der Waals surface area contributed by atoms with Crippen molar-refractivity contribution in [2.75, 3.05) is 13.1 Å². The van der Waals surface area contributed by atoms with Gasteiger partial charge in [-0.1, -0.05) is 17.7 Å². The Balaban J connectivity index is 2.77. The van der Waals surface area contributed by atoms with Crippen molar-refractivity contribution in [3.05, 3.63) is 34.6 Å². The Bertz CT molecular complexity index is 386. The standard InChI is InChI=1S/C10H13ClFN3O/c11-8-2-1-7(5-9(8)12)6-15(4-3-13)10(14)16/h1-2,5H,3-4,6,13H2,(H2,14,16). The van der Waals surface area contributed by atoms with Crippen LogP contribution in [0.3, 0.4) is 0 Å². The van der Waals surface area contributed by atoms with Gasteiger partial charge in [0, 0.05) is 19.6 Å². The number of carbonyl (C=O) groups excluding carboxylic acids is 1. The van der Waals surface area contributed by atoms with Crippen LogP contribution in [-0.4, -0.2) is 24.0 Å². The number of benzene rings is 1. The van der Waals surface area contributed by atoms with Gasteiger partial charge in [-0.05, 0) is 17.7 Å². The molecule has 0 bridgehead atoms. The summed E-state index contributed by atoms with van der Waals surface area (Å²) in [6.45, 7) is 0.860. The lowest BCUT2D eigenvalue weighted by Gasteiger charge is -2.19. The highest BCUT2D eigenvalue weighted by atomic mass is 35.5. The molecule has 0 fully saturated rings. The van der Waals surface area contributed by atoms with Gasteiger partial charge < -0.3 is 16.4 Å². The molecule has 0 aromatic heterocycles. The molecule has 4 nitrogen and oxygen atoms in total. The van der Waals surface area contributed by atoms with E-state index in [9.17, 15) is 9.18 Å². The molecule has 0 aliphatic rings. The van der Waals surface area contributed by atoms with E-state index >= 15 is 0 Å². The van der Waals surface area contributed by atoms with Gasteiger partial charge in [0.1, 0.15) is 5.82 Å². The minimum absolute atomic E-state index is 0.0493. The van der Waals surface area contributed by atoms with E-state index in [0.717, 1.165) is 0 Å². The lowest BCUT2D eigenvalue weighted by molar-refractivity contribution is 0.206. The quantitative estimate of drug-likeness (QED) is 0.840. The molecule has 0 aliphatic heterocycles. The van der Waals surface area contributed by atoms with Crippen molar-refractivity contribution in [1.82, 2.24) is 4.90 Å². The zero-order valence-corrected chi connectivity index (χ0v) is 9.38. The van der Waals surface area contributed by atoms with Crippen molar-refractivity contribution in [3.63, 3.8) is 0 Å². The highest BCUT2D eigenvalue weighted by molar-refractivity contribution is 6.30. The fourth-order valence-corrected chi connectivity index (χ4v) is 1.40. The van der Waals surface area contributed by atoms with Gasteiger partial charge in [-0.2, -0.15) is 0 Å². The molecule has 2 amide bonds. The topological polar surface area (TPSA) is 72.3 Å². The van der Waals surface area contributed by atoms with Crippen LogP contribution >= 0.6 is 11.6 Å². The Morgan fingerprint density at radius 1 is 1.50 bits per heavy atom. The summed E-state index contributed by atoms with van der Waals surface area (Å²) in [4.78, 5) is 12.4. The molecule has 0 spiro atoms. The highest BCUT2D eigenvalue weighted by Gasteiger charge is 2.10.